The fourth-order valence-corrected chi connectivity index (χ4v) is 4.40. The van der Waals surface area contributed by atoms with Crippen LogP contribution in [0.15, 0.2) is 24.3 Å². The molecule has 1 aliphatic heterocycles. The van der Waals surface area contributed by atoms with Gasteiger partial charge < -0.3 is 4.90 Å². The van der Waals surface area contributed by atoms with E-state index in [-0.39, 0.29) is 5.75 Å². The maximum Gasteiger partial charge on any atom is 0.218 e. The van der Waals surface area contributed by atoms with Gasteiger partial charge in [-0.25, -0.2) is 17.1 Å². The normalized spacial score (nSPS) is 18.0. The van der Waals surface area contributed by atoms with E-state index in [0.717, 1.165) is 25.8 Å². The zero-order valence-electron chi connectivity index (χ0n) is 13.3. The Morgan fingerprint density at radius 2 is 1.95 bits per heavy atom. The molecule has 6 heteroatoms. The van der Waals surface area contributed by atoms with E-state index < -0.39 is 15.8 Å². The van der Waals surface area contributed by atoms with Gasteiger partial charge in [0.15, 0.2) is 0 Å². The van der Waals surface area contributed by atoms with Gasteiger partial charge in [-0.3, -0.25) is 0 Å². The largest absolute Gasteiger partial charge is 0.309 e. The molecular formula is C16H25FN2O2S. The van der Waals surface area contributed by atoms with Crippen molar-refractivity contribution in [2.75, 3.05) is 33.7 Å². The summed E-state index contributed by atoms with van der Waals surface area (Å²) in [6, 6.07) is 5.83. The lowest BCUT2D eigenvalue weighted by Gasteiger charge is -2.31. The second-order valence-electron chi connectivity index (χ2n) is 6.32. The molecule has 0 unspecified atom stereocenters. The minimum absolute atomic E-state index is 0.118. The van der Waals surface area contributed by atoms with Gasteiger partial charge in [0, 0.05) is 13.1 Å². The molecule has 0 amide bonds. The third kappa shape index (κ3) is 5.04. The van der Waals surface area contributed by atoms with Gasteiger partial charge in [0.1, 0.15) is 5.82 Å². The molecule has 22 heavy (non-hydrogen) atoms. The van der Waals surface area contributed by atoms with E-state index in [4.69, 9.17) is 0 Å². The Morgan fingerprint density at radius 1 is 1.27 bits per heavy atom. The first-order chi connectivity index (χ1) is 10.4. The van der Waals surface area contributed by atoms with E-state index in [2.05, 4.69) is 19.0 Å². The first-order valence-electron chi connectivity index (χ1n) is 7.74. The monoisotopic (exact) mass is 328 g/mol. The van der Waals surface area contributed by atoms with Crippen molar-refractivity contribution in [3.05, 3.63) is 35.6 Å². The zero-order chi connectivity index (χ0) is 16.2. The first kappa shape index (κ1) is 17.4. The maximum atomic E-state index is 13.2. The summed E-state index contributed by atoms with van der Waals surface area (Å²) in [5.74, 6) is 0.0887. The molecule has 124 valence electrons. The van der Waals surface area contributed by atoms with Gasteiger partial charge in [-0.05, 0) is 63.5 Å². The minimum atomic E-state index is -3.35. The van der Waals surface area contributed by atoms with Crippen LogP contribution >= 0.6 is 0 Å². The van der Waals surface area contributed by atoms with E-state index in [0.29, 0.717) is 24.6 Å². The van der Waals surface area contributed by atoms with Crippen LogP contribution in [-0.2, 0) is 15.8 Å². The zero-order valence-corrected chi connectivity index (χ0v) is 14.2. The van der Waals surface area contributed by atoms with Crippen LogP contribution < -0.4 is 0 Å². The number of sulfonamides is 1. The molecule has 1 heterocycles. The van der Waals surface area contributed by atoms with Crippen LogP contribution in [0.5, 0.6) is 0 Å². The van der Waals surface area contributed by atoms with E-state index in [1.165, 1.54) is 12.1 Å². The molecular weight excluding hydrogens is 303 g/mol. The summed E-state index contributed by atoms with van der Waals surface area (Å²) in [5.41, 5.74) is 0.509. The summed E-state index contributed by atoms with van der Waals surface area (Å²) in [4.78, 5) is 2.16. The molecule has 0 radical (unpaired) electrons. The highest BCUT2D eigenvalue weighted by Gasteiger charge is 2.28. The highest BCUT2D eigenvalue weighted by atomic mass is 32.2. The van der Waals surface area contributed by atoms with Gasteiger partial charge in [-0.1, -0.05) is 12.1 Å². The topological polar surface area (TPSA) is 40.6 Å². The third-order valence-corrected chi connectivity index (χ3v) is 6.04. The van der Waals surface area contributed by atoms with Crippen LogP contribution in [0.25, 0.3) is 0 Å². The number of hydrogen-bond donors (Lipinski definition) is 0. The van der Waals surface area contributed by atoms with Crippen molar-refractivity contribution < 1.29 is 12.8 Å². The average molecular weight is 328 g/mol. The van der Waals surface area contributed by atoms with Crippen molar-refractivity contribution in [3.63, 3.8) is 0 Å². The Bertz CT molecular complexity index is 582. The smallest absolute Gasteiger partial charge is 0.218 e. The lowest BCUT2D eigenvalue weighted by molar-refractivity contribution is 0.243. The number of rotatable bonds is 6. The summed E-state index contributed by atoms with van der Waals surface area (Å²) in [7, 11) is 0.757. The Labute approximate surface area is 133 Å². The van der Waals surface area contributed by atoms with Gasteiger partial charge in [0.25, 0.3) is 0 Å². The number of nitrogens with zero attached hydrogens (tertiary/aromatic N) is 2. The third-order valence-electron chi connectivity index (χ3n) is 4.19. The molecule has 1 saturated heterocycles. The summed E-state index contributed by atoms with van der Waals surface area (Å²) >= 11 is 0. The van der Waals surface area contributed by atoms with Gasteiger partial charge in [-0.2, -0.15) is 0 Å². The lowest BCUT2D eigenvalue weighted by atomic mass is 9.94. The second-order valence-corrected chi connectivity index (χ2v) is 8.29. The summed E-state index contributed by atoms with van der Waals surface area (Å²) < 4.78 is 39.6. The van der Waals surface area contributed by atoms with Crippen LogP contribution in [0.4, 0.5) is 4.39 Å². The lowest BCUT2D eigenvalue weighted by Crippen LogP contribution is -2.39. The van der Waals surface area contributed by atoms with Crippen LogP contribution in [-0.4, -0.2) is 51.4 Å². The molecule has 2 rings (SSSR count). The van der Waals surface area contributed by atoms with Crippen molar-refractivity contribution in [1.82, 2.24) is 9.21 Å². The molecule has 1 aliphatic rings. The fourth-order valence-electron chi connectivity index (χ4n) is 2.85. The summed E-state index contributed by atoms with van der Waals surface area (Å²) in [5, 5.41) is 0. The van der Waals surface area contributed by atoms with E-state index in [9.17, 15) is 12.8 Å². The number of hydrogen-bond acceptors (Lipinski definition) is 3. The van der Waals surface area contributed by atoms with E-state index in [1.54, 1.807) is 16.4 Å². The molecule has 0 N–H and O–H groups in total. The predicted molar refractivity (Wildman–Crippen MR) is 86.5 cm³/mol. The SMILES string of the molecule is CN(C)CCC1CCN(S(=O)(=O)Cc2cccc(F)c2)CC1. The maximum absolute atomic E-state index is 13.2. The Kier molecular flexibility index (Phi) is 5.94. The van der Waals surface area contributed by atoms with E-state index >= 15 is 0 Å². The quantitative estimate of drug-likeness (QED) is 0.805. The second kappa shape index (κ2) is 7.53. The van der Waals surface area contributed by atoms with Gasteiger partial charge >= 0.3 is 0 Å². The first-order valence-corrected chi connectivity index (χ1v) is 9.35. The van der Waals surface area contributed by atoms with Crippen LogP contribution in [0.2, 0.25) is 0 Å². The fraction of sp³-hybridized carbons (Fsp3) is 0.625. The standard InChI is InChI=1S/C16H25FN2O2S/c1-18(2)9-6-14-7-10-19(11-8-14)22(20,21)13-15-4-3-5-16(17)12-15/h3-5,12,14H,6-11,13H2,1-2H3. The number of halogens is 1. The molecule has 0 bridgehead atoms. The molecule has 1 fully saturated rings. The Balaban J connectivity index is 1.89. The molecule has 0 aliphatic carbocycles. The Hall–Kier alpha value is -0.980. The summed E-state index contributed by atoms with van der Waals surface area (Å²) in [6.07, 6.45) is 2.94. The van der Waals surface area contributed by atoms with Gasteiger partial charge in [-0.15, -0.1) is 0 Å². The molecule has 1 aromatic carbocycles. The van der Waals surface area contributed by atoms with Crippen molar-refractivity contribution in [3.8, 4) is 0 Å². The van der Waals surface area contributed by atoms with Crippen LogP contribution in [0.3, 0.4) is 0 Å². The average Bonchev–Trinajstić information content (AvgIpc) is 2.45. The van der Waals surface area contributed by atoms with Crippen molar-refractivity contribution >= 4 is 10.0 Å². The number of piperidine rings is 1. The molecule has 0 aromatic heterocycles. The van der Waals surface area contributed by atoms with Crippen molar-refractivity contribution in [2.45, 2.75) is 25.0 Å². The predicted octanol–water partition coefficient (Wildman–Crippen LogP) is 2.32. The van der Waals surface area contributed by atoms with E-state index in [1.807, 2.05) is 0 Å². The highest BCUT2D eigenvalue weighted by molar-refractivity contribution is 7.88. The molecule has 0 saturated carbocycles. The Morgan fingerprint density at radius 3 is 2.55 bits per heavy atom. The van der Waals surface area contributed by atoms with Crippen LogP contribution in [0.1, 0.15) is 24.8 Å². The molecule has 4 nitrogen and oxygen atoms in total. The molecule has 0 atom stereocenters. The van der Waals surface area contributed by atoms with Gasteiger partial charge in [0.05, 0.1) is 5.75 Å². The van der Waals surface area contributed by atoms with Crippen LogP contribution in [0, 0.1) is 11.7 Å². The van der Waals surface area contributed by atoms with Crippen molar-refractivity contribution in [2.24, 2.45) is 5.92 Å². The molecule has 0 spiro atoms. The minimum Gasteiger partial charge on any atom is -0.309 e. The van der Waals surface area contributed by atoms with Crippen molar-refractivity contribution in [1.29, 1.82) is 0 Å². The highest BCUT2D eigenvalue weighted by Crippen LogP contribution is 2.24. The number of benzene rings is 1. The molecule has 1 aromatic rings. The summed E-state index contributed by atoms with van der Waals surface area (Å²) in [6.45, 7) is 2.20. The van der Waals surface area contributed by atoms with Gasteiger partial charge in [0.2, 0.25) is 10.0 Å².